The molecule has 0 bridgehead atoms. The van der Waals surface area contributed by atoms with Gasteiger partial charge in [0.1, 0.15) is 11.6 Å². The van der Waals surface area contributed by atoms with Gasteiger partial charge in [-0.15, -0.1) is 0 Å². The zero-order valence-corrected chi connectivity index (χ0v) is 16.2. The van der Waals surface area contributed by atoms with E-state index in [1.165, 1.54) is 0 Å². The number of amides is 1. The predicted octanol–water partition coefficient (Wildman–Crippen LogP) is 4.38. The third kappa shape index (κ3) is 4.22. The minimum Gasteiger partial charge on any atom is -0.323 e. The summed E-state index contributed by atoms with van der Waals surface area (Å²) < 4.78 is 28.3. The second kappa shape index (κ2) is 8.52. The molecular formula is C20H19F2N3O2S. The Kier molecular flexibility index (Phi) is 6.08. The summed E-state index contributed by atoms with van der Waals surface area (Å²) in [5.74, 6) is -2.12. The van der Waals surface area contributed by atoms with E-state index in [9.17, 15) is 18.4 Å². The van der Waals surface area contributed by atoms with E-state index in [1.807, 2.05) is 13.8 Å². The molecule has 3 aromatic rings. The smallest absolute Gasteiger partial charge is 0.262 e. The Morgan fingerprint density at radius 2 is 2.00 bits per heavy atom. The van der Waals surface area contributed by atoms with Crippen molar-refractivity contribution >= 4 is 34.3 Å². The Morgan fingerprint density at radius 1 is 1.25 bits per heavy atom. The Labute approximate surface area is 164 Å². The molecule has 0 aliphatic heterocycles. The van der Waals surface area contributed by atoms with Crippen LogP contribution in [-0.4, -0.2) is 21.2 Å². The van der Waals surface area contributed by atoms with Gasteiger partial charge in [0.25, 0.3) is 5.56 Å². The topological polar surface area (TPSA) is 64.0 Å². The molecule has 1 atom stereocenters. The summed E-state index contributed by atoms with van der Waals surface area (Å²) in [4.78, 5) is 29.6. The number of carbonyl (C=O) groups excluding carboxylic acids is 1. The van der Waals surface area contributed by atoms with E-state index in [2.05, 4.69) is 10.3 Å². The first kappa shape index (κ1) is 20.0. The molecule has 1 N–H and O–H groups in total. The molecule has 0 saturated carbocycles. The molecule has 1 aromatic heterocycles. The summed E-state index contributed by atoms with van der Waals surface area (Å²) in [6.07, 6.45) is 0.723. The van der Waals surface area contributed by atoms with Crippen molar-refractivity contribution in [1.29, 1.82) is 0 Å². The van der Waals surface area contributed by atoms with Gasteiger partial charge in [-0.1, -0.05) is 30.8 Å². The van der Waals surface area contributed by atoms with E-state index < -0.39 is 17.5 Å². The van der Waals surface area contributed by atoms with E-state index >= 15 is 0 Å². The van der Waals surface area contributed by atoms with Crippen LogP contribution in [0.3, 0.4) is 0 Å². The van der Waals surface area contributed by atoms with Crippen LogP contribution in [0, 0.1) is 11.6 Å². The molecule has 146 valence electrons. The molecule has 3 rings (SSSR count). The zero-order chi connectivity index (χ0) is 20.3. The Bertz CT molecular complexity index is 1080. The molecule has 0 radical (unpaired) electrons. The van der Waals surface area contributed by atoms with E-state index in [1.54, 1.807) is 28.8 Å². The number of nitrogens with zero attached hydrogens (tertiary/aromatic N) is 2. The lowest BCUT2D eigenvalue weighted by Crippen LogP contribution is -2.26. The predicted molar refractivity (Wildman–Crippen MR) is 107 cm³/mol. The highest BCUT2D eigenvalue weighted by Gasteiger charge is 2.17. The molecule has 1 amide bonds. The highest BCUT2D eigenvalue weighted by atomic mass is 32.2. The van der Waals surface area contributed by atoms with E-state index in [-0.39, 0.29) is 23.0 Å². The summed E-state index contributed by atoms with van der Waals surface area (Å²) in [5, 5.41) is 3.35. The molecule has 0 spiro atoms. The van der Waals surface area contributed by atoms with Crippen molar-refractivity contribution in [3.05, 3.63) is 64.5 Å². The molecule has 5 nitrogen and oxygen atoms in total. The van der Waals surface area contributed by atoms with Crippen molar-refractivity contribution in [2.24, 2.45) is 0 Å². The number of carbonyl (C=O) groups is 1. The summed E-state index contributed by atoms with van der Waals surface area (Å²) in [5.41, 5.74) is 0.296. The van der Waals surface area contributed by atoms with Gasteiger partial charge in [0.15, 0.2) is 5.16 Å². The minimum atomic E-state index is -0.848. The van der Waals surface area contributed by atoms with Gasteiger partial charge in [-0.3, -0.25) is 14.2 Å². The number of nitrogens with one attached hydrogen (secondary N) is 1. The summed E-state index contributed by atoms with van der Waals surface area (Å²) in [6, 6.07) is 9.88. The number of thioether (sulfide) groups is 1. The number of fused-ring (bicyclic) bond motifs is 1. The molecule has 0 fully saturated rings. The van der Waals surface area contributed by atoms with Crippen molar-refractivity contribution < 1.29 is 13.6 Å². The van der Waals surface area contributed by atoms with Crippen LogP contribution in [0.4, 0.5) is 14.5 Å². The van der Waals surface area contributed by atoms with Gasteiger partial charge >= 0.3 is 0 Å². The van der Waals surface area contributed by atoms with Crippen LogP contribution in [0.15, 0.2) is 52.4 Å². The fourth-order valence-corrected chi connectivity index (χ4v) is 3.60. The normalized spacial score (nSPS) is 12.1. The zero-order valence-electron chi connectivity index (χ0n) is 15.4. The van der Waals surface area contributed by atoms with Gasteiger partial charge in [0.2, 0.25) is 5.91 Å². The van der Waals surface area contributed by atoms with E-state index in [0.717, 1.165) is 30.3 Å². The van der Waals surface area contributed by atoms with Crippen LogP contribution in [0.25, 0.3) is 10.9 Å². The number of benzene rings is 2. The summed E-state index contributed by atoms with van der Waals surface area (Å²) >= 11 is 1.10. The monoisotopic (exact) mass is 403 g/mol. The third-order valence-electron chi connectivity index (χ3n) is 4.34. The fourth-order valence-electron chi connectivity index (χ4n) is 2.71. The molecule has 0 aliphatic carbocycles. The number of rotatable bonds is 6. The molecule has 1 heterocycles. The third-order valence-corrected chi connectivity index (χ3v) is 5.30. The Hall–Kier alpha value is -2.74. The molecule has 2 aromatic carbocycles. The van der Waals surface area contributed by atoms with Crippen molar-refractivity contribution in [3.63, 3.8) is 0 Å². The Morgan fingerprint density at radius 3 is 2.71 bits per heavy atom. The van der Waals surface area contributed by atoms with Gasteiger partial charge in [-0.05, 0) is 37.6 Å². The standard InChI is InChI=1S/C20H19F2N3O2S/c1-3-12(2)25-19(27)14-6-4-5-7-16(14)24-20(25)28-11-18(26)23-17-9-8-13(21)10-15(17)22/h4-10,12H,3,11H2,1-2H3,(H,23,26). The molecule has 28 heavy (non-hydrogen) atoms. The van der Waals surface area contributed by atoms with Gasteiger partial charge in [0.05, 0.1) is 22.3 Å². The van der Waals surface area contributed by atoms with E-state index in [4.69, 9.17) is 0 Å². The lowest BCUT2D eigenvalue weighted by atomic mass is 10.2. The highest BCUT2D eigenvalue weighted by molar-refractivity contribution is 7.99. The van der Waals surface area contributed by atoms with Crippen LogP contribution in [0.2, 0.25) is 0 Å². The van der Waals surface area contributed by atoms with Crippen LogP contribution in [0.5, 0.6) is 0 Å². The number of aromatic nitrogens is 2. The number of anilines is 1. The van der Waals surface area contributed by atoms with Crippen molar-refractivity contribution in [3.8, 4) is 0 Å². The quantitative estimate of drug-likeness (QED) is 0.490. The maximum atomic E-state index is 13.7. The SMILES string of the molecule is CCC(C)n1c(SCC(=O)Nc2ccc(F)cc2F)nc2ccccc2c1=O. The highest BCUT2D eigenvalue weighted by Crippen LogP contribution is 2.23. The number of hydrogen-bond donors (Lipinski definition) is 1. The van der Waals surface area contributed by atoms with Crippen molar-refractivity contribution in [2.45, 2.75) is 31.5 Å². The maximum absolute atomic E-state index is 13.7. The first-order valence-corrected chi connectivity index (χ1v) is 9.78. The lowest BCUT2D eigenvalue weighted by molar-refractivity contribution is -0.113. The second-order valence-corrected chi connectivity index (χ2v) is 7.25. The van der Waals surface area contributed by atoms with Gasteiger partial charge in [-0.2, -0.15) is 0 Å². The minimum absolute atomic E-state index is 0.0714. The molecular weight excluding hydrogens is 384 g/mol. The number of halogens is 2. The van der Waals surface area contributed by atoms with Gasteiger partial charge in [0, 0.05) is 12.1 Å². The second-order valence-electron chi connectivity index (χ2n) is 6.30. The molecule has 0 saturated heterocycles. The van der Waals surface area contributed by atoms with Gasteiger partial charge in [-0.25, -0.2) is 13.8 Å². The maximum Gasteiger partial charge on any atom is 0.262 e. The van der Waals surface area contributed by atoms with Crippen LogP contribution >= 0.6 is 11.8 Å². The largest absolute Gasteiger partial charge is 0.323 e. The number of hydrogen-bond acceptors (Lipinski definition) is 4. The van der Waals surface area contributed by atoms with Crippen LogP contribution in [0.1, 0.15) is 26.3 Å². The molecule has 0 aliphatic rings. The molecule has 1 unspecified atom stereocenters. The van der Waals surface area contributed by atoms with Gasteiger partial charge < -0.3 is 5.32 Å². The Balaban J connectivity index is 1.85. The first-order valence-electron chi connectivity index (χ1n) is 8.79. The fraction of sp³-hybridized carbons (Fsp3) is 0.250. The summed E-state index contributed by atoms with van der Waals surface area (Å²) in [7, 11) is 0. The van der Waals surface area contributed by atoms with Crippen molar-refractivity contribution in [1.82, 2.24) is 9.55 Å². The number of para-hydroxylation sites is 1. The lowest BCUT2D eigenvalue weighted by Gasteiger charge is -2.18. The molecule has 8 heteroatoms. The first-order chi connectivity index (χ1) is 13.4. The van der Waals surface area contributed by atoms with Crippen molar-refractivity contribution in [2.75, 3.05) is 11.1 Å². The van der Waals surface area contributed by atoms with Crippen LogP contribution < -0.4 is 10.9 Å². The van der Waals surface area contributed by atoms with Crippen LogP contribution in [-0.2, 0) is 4.79 Å². The summed E-state index contributed by atoms with van der Waals surface area (Å²) in [6.45, 7) is 3.88. The average molecular weight is 403 g/mol. The van der Waals surface area contributed by atoms with E-state index in [0.29, 0.717) is 22.1 Å². The average Bonchev–Trinajstić information content (AvgIpc) is 2.68.